The van der Waals surface area contributed by atoms with Gasteiger partial charge in [-0.1, -0.05) is 54.6 Å². The van der Waals surface area contributed by atoms with Crippen molar-refractivity contribution in [2.75, 3.05) is 13.2 Å². The third kappa shape index (κ3) is 5.99. The zero-order valence-electron chi connectivity index (χ0n) is 15.4. The summed E-state index contributed by atoms with van der Waals surface area (Å²) in [6.07, 6.45) is -2.19. The van der Waals surface area contributed by atoms with Crippen molar-refractivity contribution in [3.8, 4) is 0 Å². The first-order chi connectivity index (χ1) is 13.4. The molecule has 2 amide bonds. The quantitative estimate of drug-likeness (QED) is 0.704. The fourth-order valence-electron chi connectivity index (χ4n) is 3.04. The van der Waals surface area contributed by atoms with Gasteiger partial charge in [-0.15, -0.1) is 0 Å². The van der Waals surface area contributed by atoms with E-state index in [1.807, 2.05) is 18.2 Å². The molecule has 0 spiro atoms. The molecule has 0 aromatic heterocycles. The van der Waals surface area contributed by atoms with Crippen LogP contribution >= 0.6 is 0 Å². The Labute approximate surface area is 162 Å². The molecule has 2 aromatic rings. The van der Waals surface area contributed by atoms with Gasteiger partial charge in [0.25, 0.3) is 0 Å². The lowest BCUT2D eigenvalue weighted by molar-refractivity contribution is -0.176. The Balaban J connectivity index is 1.39. The Hall–Kier alpha value is -2.54. The number of hydrogen-bond acceptors (Lipinski definition) is 2. The van der Waals surface area contributed by atoms with Crippen LogP contribution in [0.1, 0.15) is 29.5 Å². The van der Waals surface area contributed by atoms with Gasteiger partial charge in [0.05, 0.1) is 6.61 Å². The highest BCUT2D eigenvalue weighted by Crippen LogP contribution is 2.47. The van der Waals surface area contributed by atoms with E-state index < -0.39 is 12.8 Å². The van der Waals surface area contributed by atoms with Crippen molar-refractivity contribution in [3.63, 3.8) is 0 Å². The molecule has 2 aromatic carbocycles. The molecular formula is C21H23F3N2O2. The van der Waals surface area contributed by atoms with Crippen molar-refractivity contribution in [1.82, 2.24) is 10.6 Å². The van der Waals surface area contributed by atoms with Crippen molar-refractivity contribution in [2.24, 2.45) is 0 Å². The van der Waals surface area contributed by atoms with Gasteiger partial charge < -0.3 is 15.4 Å². The summed E-state index contributed by atoms with van der Waals surface area (Å²) in [6.45, 7) is -0.428. The molecule has 0 unspecified atom stereocenters. The number of carbonyl (C=O) groups is 1. The summed E-state index contributed by atoms with van der Waals surface area (Å²) in [6, 6.07) is 16.9. The molecule has 4 nitrogen and oxygen atoms in total. The highest BCUT2D eigenvalue weighted by Gasteiger charge is 2.44. The van der Waals surface area contributed by atoms with E-state index in [1.54, 1.807) is 24.3 Å². The van der Waals surface area contributed by atoms with Crippen LogP contribution in [0.4, 0.5) is 18.0 Å². The molecule has 150 valence electrons. The zero-order chi connectivity index (χ0) is 20.0. The Bertz CT molecular complexity index is 772. The first kappa shape index (κ1) is 20.2. The van der Waals surface area contributed by atoms with Crippen molar-refractivity contribution in [2.45, 2.75) is 37.6 Å². The lowest BCUT2D eigenvalue weighted by Gasteiger charge is -2.17. The third-order valence-electron chi connectivity index (χ3n) is 4.84. The highest BCUT2D eigenvalue weighted by molar-refractivity contribution is 5.74. The van der Waals surface area contributed by atoms with Gasteiger partial charge in [0.1, 0.15) is 6.61 Å². The average Bonchev–Trinajstić information content (AvgIpc) is 3.47. The van der Waals surface area contributed by atoms with Gasteiger partial charge in [-0.05, 0) is 29.5 Å². The molecule has 0 atom stereocenters. The van der Waals surface area contributed by atoms with Gasteiger partial charge >= 0.3 is 12.2 Å². The van der Waals surface area contributed by atoms with Gasteiger partial charge in [0.15, 0.2) is 0 Å². The number of rotatable bonds is 8. The van der Waals surface area contributed by atoms with Crippen LogP contribution in [0.25, 0.3) is 0 Å². The number of benzene rings is 2. The normalized spacial score (nSPS) is 15.1. The average molecular weight is 392 g/mol. The van der Waals surface area contributed by atoms with Gasteiger partial charge in [0, 0.05) is 18.5 Å². The molecule has 0 bridgehead atoms. The zero-order valence-corrected chi connectivity index (χ0v) is 15.4. The first-order valence-corrected chi connectivity index (χ1v) is 9.16. The molecule has 0 saturated heterocycles. The van der Waals surface area contributed by atoms with E-state index >= 15 is 0 Å². The summed E-state index contributed by atoms with van der Waals surface area (Å²) >= 11 is 0. The van der Waals surface area contributed by atoms with E-state index in [-0.39, 0.29) is 18.1 Å². The van der Waals surface area contributed by atoms with Crippen molar-refractivity contribution < 1.29 is 22.7 Å². The first-order valence-electron chi connectivity index (χ1n) is 9.16. The molecular weight excluding hydrogens is 369 g/mol. The SMILES string of the molecule is O=C(NCc1ccc(COCC(F)(F)F)cc1)NCC1(c2ccccc2)CC1. The minimum Gasteiger partial charge on any atom is -0.367 e. The van der Waals surface area contributed by atoms with E-state index in [4.69, 9.17) is 0 Å². The van der Waals surface area contributed by atoms with Crippen LogP contribution in [0.15, 0.2) is 54.6 Å². The summed E-state index contributed by atoms with van der Waals surface area (Å²) in [7, 11) is 0. The molecule has 1 aliphatic rings. The van der Waals surface area contributed by atoms with Crippen LogP contribution in [0.3, 0.4) is 0 Å². The van der Waals surface area contributed by atoms with Crippen LogP contribution < -0.4 is 10.6 Å². The monoisotopic (exact) mass is 392 g/mol. The van der Waals surface area contributed by atoms with Crippen molar-refractivity contribution in [3.05, 3.63) is 71.3 Å². The minimum absolute atomic E-state index is 0.0522. The third-order valence-corrected chi connectivity index (χ3v) is 4.84. The molecule has 2 N–H and O–H groups in total. The van der Waals surface area contributed by atoms with Gasteiger partial charge in [-0.2, -0.15) is 13.2 Å². The number of hydrogen-bond donors (Lipinski definition) is 2. The van der Waals surface area contributed by atoms with Crippen molar-refractivity contribution in [1.29, 1.82) is 0 Å². The highest BCUT2D eigenvalue weighted by atomic mass is 19.4. The lowest BCUT2D eigenvalue weighted by atomic mass is 9.96. The second kappa shape index (κ2) is 8.65. The summed E-state index contributed by atoms with van der Waals surface area (Å²) in [5, 5.41) is 5.73. The topological polar surface area (TPSA) is 50.4 Å². The summed E-state index contributed by atoms with van der Waals surface area (Å²) in [5.41, 5.74) is 2.81. The molecule has 0 heterocycles. The fourth-order valence-corrected chi connectivity index (χ4v) is 3.04. The van der Waals surface area contributed by atoms with Gasteiger partial charge in [-0.3, -0.25) is 0 Å². The molecule has 7 heteroatoms. The number of nitrogens with one attached hydrogen (secondary N) is 2. The number of halogens is 3. The Kier molecular flexibility index (Phi) is 6.24. The summed E-state index contributed by atoms with van der Waals surface area (Å²) in [5.74, 6) is 0. The predicted octanol–water partition coefficient (Wildman–Crippen LogP) is 4.30. The molecule has 3 rings (SSSR count). The van der Waals surface area contributed by atoms with E-state index in [0.29, 0.717) is 18.7 Å². The van der Waals surface area contributed by atoms with Crippen LogP contribution in [0.5, 0.6) is 0 Å². The van der Waals surface area contributed by atoms with Crippen LogP contribution in [-0.4, -0.2) is 25.4 Å². The molecule has 1 fully saturated rings. The lowest BCUT2D eigenvalue weighted by Crippen LogP contribution is -2.39. The Morgan fingerprint density at radius 3 is 2.21 bits per heavy atom. The van der Waals surface area contributed by atoms with Crippen LogP contribution in [0.2, 0.25) is 0 Å². The van der Waals surface area contributed by atoms with Gasteiger partial charge in [0.2, 0.25) is 0 Å². The minimum atomic E-state index is -4.32. The Morgan fingerprint density at radius 2 is 1.61 bits per heavy atom. The molecule has 0 aliphatic heterocycles. The summed E-state index contributed by atoms with van der Waals surface area (Å²) < 4.78 is 40.8. The van der Waals surface area contributed by atoms with E-state index in [2.05, 4.69) is 27.5 Å². The smallest absolute Gasteiger partial charge is 0.367 e. The maximum atomic E-state index is 12.1. The molecule has 0 radical (unpaired) electrons. The Morgan fingerprint density at radius 1 is 0.964 bits per heavy atom. The van der Waals surface area contributed by atoms with Gasteiger partial charge in [-0.25, -0.2) is 4.79 Å². The number of alkyl halides is 3. The number of urea groups is 1. The van der Waals surface area contributed by atoms with Crippen LogP contribution in [0, 0.1) is 0 Å². The van der Waals surface area contributed by atoms with E-state index in [1.165, 1.54) is 5.56 Å². The molecule has 28 heavy (non-hydrogen) atoms. The number of ether oxygens (including phenoxy) is 1. The second-order valence-electron chi connectivity index (χ2n) is 7.11. The molecule has 1 aliphatic carbocycles. The maximum Gasteiger partial charge on any atom is 0.411 e. The number of amides is 2. The van der Waals surface area contributed by atoms with E-state index in [9.17, 15) is 18.0 Å². The molecule has 1 saturated carbocycles. The standard InChI is InChI=1S/C21H23F3N2O2/c22-21(23,24)15-28-13-17-8-6-16(7-9-17)12-25-19(27)26-14-20(10-11-20)18-4-2-1-3-5-18/h1-9H,10-15H2,(H2,25,26,27). The largest absolute Gasteiger partial charge is 0.411 e. The predicted molar refractivity (Wildman–Crippen MR) is 99.7 cm³/mol. The van der Waals surface area contributed by atoms with Crippen LogP contribution in [-0.2, 0) is 23.3 Å². The maximum absolute atomic E-state index is 12.1. The second-order valence-corrected chi connectivity index (χ2v) is 7.11. The summed E-state index contributed by atoms with van der Waals surface area (Å²) in [4.78, 5) is 12.1. The fraction of sp³-hybridized carbons (Fsp3) is 0.381. The number of carbonyl (C=O) groups excluding carboxylic acids is 1. The van der Waals surface area contributed by atoms with E-state index in [0.717, 1.165) is 18.4 Å². The van der Waals surface area contributed by atoms with Crippen molar-refractivity contribution >= 4 is 6.03 Å².